The van der Waals surface area contributed by atoms with Crippen molar-refractivity contribution in [3.05, 3.63) is 30.6 Å². The average Bonchev–Trinajstić information content (AvgIpc) is 2.60. The van der Waals surface area contributed by atoms with Crippen LogP contribution >= 0.6 is 0 Å². The van der Waals surface area contributed by atoms with Crippen molar-refractivity contribution in [2.45, 2.75) is 12.5 Å². The quantitative estimate of drug-likeness (QED) is 0.561. The number of carbonyl (C=O) groups is 1. The lowest BCUT2D eigenvalue weighted by Gasteiger charge is -2.18. The minimum atomic E-state index is -1.91. The van der Waals surface area contributed by atoms with Gasteiger partial charge >= 0.3 is 5.97 Å². The Balaban J connectivity index is 2.13. The minimum absolute atomic E-state index is 0.204. The summed E-state index contributed by atoms with van der Waals surface area (Å²) in [5.74, 6) is 0.738. The molecule has 134 valence electrons. The van der Waals surface area contributed by atoms with Crippen LogP contribution < -0.4 is 20.1 Å². The number of rotatable bonds is 8. The third-order valence-electron chi connectivity index (χ3n) is 3.41. The number of aliphatic hydroxyl groups is 1. The van der Waals surface area contributed by atoms with Gasteiger partial charge in [0.25, 0.3) is 0 Å². The van der Waals surface area contributed by atoms with Crippen molar-refractivity contribution >= 4 is 23.3 Å². The number of benzene rings is 1. The number of hydrogen-bond donors (Lipinski definition) is 4. The van der Waals surface area contributed by atoms with Crippen molar-refractivity contribution in [1.29, 1.82) is 0 Å². The topological polar surface area (TPSA) is 126 Å². The fraction of sp³-hybridized carbons (Fsp3) is 0.312. The van der Waals surface area contributed by atoms with Crippen LogP contribution in [0, 0.1) is 0 Å². The molecule has 0 amide bonds. The summed E-state index contributed by atoms with van der Waals surface area (Å²) in [4.78, 5) is 19.0. The SMILES string of the molecule is COc1ccc(Nc2cc(NCC(C)(O)C(=O)O)ncn2)c(OC)c1. The van der Waals surface area contributed by atoms with Crippen LogP contribution in [0.3, 0.4) is 0 Å². The average molecular weight is 348 g/mol. The second-order valence-corrected chi connectivity index (χ2v) is 5.41. The van der Waals surface area contributed by atoms with Gasteiger partial charge in [-0.3, -0.25) is 0 Å². The lowest BCUT2D eigenvalue weighted by molar-refractivity contribution is -0.155. The Morgan fingerprint density at radius 2 is 1.92 bits per heavy atom. The van der Waals surface area contributed by atoms with Crippen molar-refractivity contribution in [3.8, 4) is 11.5 Å². The smallest absolute Gasteiger partial charge is 0.337 e. The molecule has 0 spiro atoms. The second-order valence-electron chi connectivity index (χ2n) is 5.41. The number of hydrogen-bond acceptors (Lipinski definition) is 8. The summed E-state index contributed by atoms with van der Waals surface area (Å²) in [5, 5.41) is 24.5. The first-order chi connectivity index (χ1) is 11.9. The predicted octanol–water partition coefficient (Wildman–Crippen LogP) is 1.48. The van der Waals surface area contributed by atoms with Crippen LogP contribution in [0.2, 0.25) is 0 Å². The van der Waals surface area contributed by atoms with Gasteiger partial charge in [0.05, 0.1) is 26.5 Å². The van der Waals surface area contributed by atoms with E-state index in [9.17, 15) is 9.90 Å². The van der Waals surface area contributed by atoms with E-state index in [0.29, 0.717) is 28.8 Å². The molecule has 4 N–H and O–H groups in total. The Hall–Kier alpha value is -3.07. The summed E-state index contributed by atoms with van der Waals surface area (Å²) >= 11 is 0. The van der Waals surface area contributed by atoms with E-state index in [1.807, 2.05) is 0 Å². The van der Waals surface area contributed by atoms with E-state index in [4.69, 9.17) is 14.6 Å². The van der Waals surface area contributed by atoms with Gasteiger partial charge in [-0.2, -0.15) is 0 Å². The highest BCUT2D eigenvalue weighted by atomic mass is 16.5. The number of aromatic nitrogens is 2. The normalized spacial score (nSPS) is 12.8. The molecular weight excluding hydrogens is 328 g/mol. The molecule has 1 aromatic carbocycles. The van der Waals surface area contributed by atoms with E-state index >= 15 is 0 Å². The molecule has 0 saturated heterocycles. The highest BCUT2D eigenvalue weighted by Gasteiger charge is 2.29. The van der Waals surface area contributed by atoms with Gasteiger partial charge in [-0.05, 0) is 19.1 Å². The van der Waals surface area contributed by atoms with Gasteiger partial charge in [0.1, 0.15) is 29.5 Å². The summed E-state index contributed by atoms with van der Waals surface area (Å²) in [7, 11) is 3.11. The molecule has 0 aliphatic heterocycles. The number of nitrogens with one attached hydrogen (secondary N) is 2. The standard InChI is InChI=1S/C16H20N4O5/c1-16(23,15(21)22)8-17-13-7-14(19-9-18-13)20-11-5-4-10(24-2)6-12(11)25-3/h4-7,9,23H,8H2,1-3H3,(H,21,22)(H2,17,18,19,20). The van der Waals surface area contributed by atoms with Crippen molar-refractivity contribution in [3.63, 3.8) is 0 Å². The molecule has 1 heterocycles. The number of anilines is 3. The van der Waals surface area contributed by atoms with Crippen LogP contribution in [0.15, 0.2) is 30.6 Å². The van der Waals surface area contributed by atoms with E-state index in [1.165, 1.54) is 13.3 Å². The van der Waals surface area contributed by atoms with E-state index in [1.54, 1.807) is 38.5 Å². The van der Waals surface area contributed by atoms with Gasteiger partial charge in [0, 0.05) is 12.1 Å². The highest BCUT2D eigenvalue weighted by molar-refractivity contribution is 5.77. The number of methoxy groups -OCH3 is 2. The summed E-state index contributed by atoms with van der Waals surface area (Å²) < 4.78 is 10.5. The molecule has 2 aromatic rings. The molecule has 9 heteroatoms. The molecule has 0 saturated carbocycles. The Morgan fingerprint density at radius 3 is 2.56 bits per heavy atom. The van der Waals surface area contributed by atoms with Crippen molar-refractivity contribution < 1.29 is 24.5 Å². The largest absolute Gasteiger partial charge is 0.497 e. The van der Waals surface area contributed by atoms with Gasteiger partial charge in [0.2, 0.25) is 0 Å². The molecule has 1 unspecified atom stereocenters. The van der Waals surface area contributed by atoms with Crippen LogP contribution in [0.25, 0.3) is 0 Å². The van der Waals surface area contributed by atoms with Crippen LogP contribution in [-0.2, 0) is 4.79 Å². The van der Waals surface area contributed by atoms with E-state index < -0.39 is 11.6 Å². The number of ether oxygens (including phenoxy) is 2. The maximum Gasteiger partial charge on any atom is 0.337 e. The molecule has 2 rings (SSSR count). The van der Waals surface area contributed by atoms with E-state index in [2.05, 4.69) is 20.6 Å². The summed E-state index contributed by atoms with van der Waals surface area (Å²) in [6, 6.07) is 6.87. The summed E-state index contributed by atoms with van der Waals surface area (Å²) in [5.41, 5.74) is -1.23. The molecule has 1 atom stereocenters. The van der Waals surface area contributed by atoms with Crippen LogP contribution in [0.4, 0.5) is 17.3 Å². The third-order valence-corrected chi connectivity index (χ3v) is 3.41. The molecule has 0 aliphatic rings. The molecule has 0 radical (unpaired) electrons. The van der Waals surface area contributed by atoms with Gasteiger partial charge in [-0.25, -0.2) is 14.8 Å². The monoisotopic (exact) mass is 348 g/mol. The number of nitrogens with zero attached hydrogens (tertiary/aromatic N) is 2. The minimum Gasteiger partial charge on any atom is -0.497 e. The lowest BCUT2D eigenvalue weighted by atomic mass is 10.1. The third kappa shape index (κ3) is 4.70. The first-order valence-electron chi connectivity index (χ1n) is 7.36. The molecule has 0 aliphatic carbocycles. The van der Waals surface area contributed by atoms with Crippen LogP contribution in [0.1, 0.15) is 6.92 Å². The van der Waals surface area contributed by atoms with Gasteiger partial charge in [0.15, 0.2) is 5.60 Å². The maximum atomic E-state index is 10.9. The predicted molar refractivity (Wildman–Crippen MR) is 91.6 cm³/mol. The zero-order chi connectivity index (χ0) is 18.4. The van der Waals surface area contributed by atoms with Gasteiger partial charge in [-0.1, -0.05) is 0 Å². The van der Waals surface area contributed by atoms with E-state index in [-0.39, 0.29) is 6.54 Å². The molecule has 0 bridgehead atoms. The zero-order valence-electron chi connectivity index (χ0n) is 14.1. The molecule has 0 fully saturated rings. The fourth-order valence-corrected chi connectivity index (χ4v) is 1.90. The lowest BCUT2D eigenvalue weighted by Crippen LogP contribution is -2.41. The Bertz CT molecular complexity index is 751. The summed E-state index contributed by atoms with van der Waals surface area (Å²) in [6.07, 6.45) is 1.32. The van der Waals surface area contributed by atoms with Gasteiger partial charge < -0.3 is 30.3 Å². The number of carboxylic acid groups (broad SMARTS) is 1. The Labute approximate surface area is 144 Å². The highest BCUT2D eigenvalue weighted by Crippen LogP contribution is 2.31. The number of aliphatic carboxylic acids is 1. The Morgan fingerprint density at radius 1 is 1.20 bits per heavy atom. The molecule has 1 aromatic heterocycles. The van der Waals surface area contributed by atoms with Crippen LogP contribution in [0.5, 0.6) is 11.5 Å². The van der Waals surface area contributed by atoms with Gasteiger partial charge in [-0.15, -0.1) is 0 Å². The van der Waals surface area contributed by atoms with E-state index in [0.717, 1.165) is 0 Å². The maximum absolute atomic E-state index is 10.9. The Kier molecular flexibility index (Phi) is 5.60. The van der Waals surface area contributed by atoms with Crippen molar-refractivity contribution in [2.24, 2.45) is 0 Å². The first-order valence-corrected chi connectivity index (χ1v) is 7.36. The number of carboxylic acids is 1. The van der Waals surface area contributed by atoms with Crippen LogP contribution in [-0.4, -0.2) is 52.5 Å². The van der Waals surface area contributed by atoms with Crippen molar-refractivity contribution in [1.82, 2.24) is 9.97 Å². The summed E-state index contributed by atoms with van der Waals surface area (Å²) in [6.45, 7) is 0.996. The molecule has 9 nitrogen and oxygen atoms in total. The second kappa shape index (κ2) is 7.67. The first kappa shape index (κ1) is 18.3. The van der Waals surface area contributed by atoms with Crippen molar-refractivity contribution in [2.75, 3.05) is 31.4 Å². The molecule has 25 heavy (non-hydrogen) atoms. The zero-order valence-corrected chi connectivity index (χ0v) is 14.1. The fourth-order valence-electron chi connectivity index (χ4n) is 1.90. The molecular formula is C16H20N4O5.